The smallest absolute Gasteiger partial charge is 0.333 e. The van der Waals surface area contributed by atoms with Crippen molar-refractivity contribution in [3.63, 3.8) is 0 Å². The quantitative estimate of drug-likeness (QED) is 0.153. The number of hydroxylamine groups is 2. The number of carbonyl (C=O) groups is 5. The zero-order valence-electron chi connectivity index (χ0n) is 27.0. The van der Waals surface area contributed by atoms with Gasteiger partial charge in [0.05, 0.1) is 50.8 Å². The van der Waals surface area contributed by atoms with Crippen LogP contribution in [-0.2, 0) is 38.8 Å². The maximum atomic E-state index is 12.9. The first kappa shape index (κ1) is 37.1. The van der Waals surface area contributed by atoms with Crippen LogP contribution in [0.4, 0.5) is 11.4 Å². The Morgan fingerprint density at radius 2 is 1.44 bits per heavy atom. The highest BCUT2D eigenvalue weighted by Crippen LogP contribution is 2.35. The van der Waals surface area contributed by atoms with E-state index < -0.39 is 33.7 Å². The molecule has 1 heterocycles. The lowest BCUT2D eigenvalue weighted by atomic mass is 10.1. The van der Waals surface area contributed by atoms with E-state index in [1.807, 2.05) is 0 Å². The Kier molecular flexibility index (Phi) is 13.6. The van der Waals surface area contributed by atoms with Crippen molar-refractivity contribution in [3.8, 4) is 23.0 Å². The summed E-state index contributed by atoms with van der Waals surface area (Å²) in [5.41, 5.74) is 0.748. The van der Waals surface area contributed by atoms with Crippen molar-refractivity contribution < 1.29 is 56.2 Å². The van der Waals surface area contributed by atoms with Gasteiger partial charge in [-0.25, -0.2) is 13.2 Å². The fourth-order valence-electron chi connectivity index (χ4n) is 4.40. The van der Waals surface area contributed by atoms with Crippen molar-refractivity contribution in [1.82, 2.24) is 10.4 Å². The van der Waals surface area contributed by atoms with Gasteiger partial charge >= 0.3 is 5.97 Å². The highest BCUT2D eigenvalue weighted by molar-refractivity contribution is 7.95. The van der Waals surface area contributed by atoms with E-state index >= 15 is 0 Å². The maximum Gasteiger partial charge on any atom is 0.333 e. The molecule has 0 spiro atoms. The number of nitrogens with zero attached hydrogens (tertiary/aromatic N) is 1. The number of nitrogens with one attached hydrogen (secondary N) is 3. The predicted molar refractivity (Wildman–Crippen MR) is 173 cm³/mol. The Balaban J connectivity index is 1.48. The third-order valence-corrected chi connectivity index (χ3v) is 7.80. The Morgan fingerprint density at radius 1 is 0.812 bits per heavy atom. The van der Waals surface area contributed by atoms with Crippen LogP contribution in [0.2, 0.25) is 0 Å². The van der Waals surface area contributed by atoms with Crippen LogP contribution in [0.15, 0.2) is 35.7 Å². The number of amides is 4. The number of methoxy groups -OCH3 is 4. The fraction of sp³-hybridized carbons (Fsp3) is 0.387. The molecule has 0 aromatic heterocycles. The summed E-state index contributed by atoms with van der Waals surface area (Å²) in [6, 6.07) is 7.53. The number of ether oxygens (including phenoxy) is 4. The zero-order valence-corrected chi connectivity index (χ0v) is 27.8. The maximum absolute atomic E-state index is 12.9. The standard InChI is InChI=1S/C31H38N4O12S/c1-43-21-18-25(45-3)22(26(19-21)46-4)14-16-48(41,42)34-20-10-11-24(44-2)23(17-20)33-28(37)8-6-15-32-27(36)7-5-9-31(40)47-35-29(38)12-13-30(35)39/h10-11,14,16-19,34H,5-9,12-13,15H2,1-4H3,(H,32,36)(H,33,37)/b16-14+. The van der Waals surface area contributed by atoms with Gasteiger partial charge in [-0.05, 0) is 37.1 Å². The molecule has 0 radical (unpaired) electrons. The lowest BCUT2D eigenvalue weighted by molar-refractivity contribution is -0.197. The van der Waals surface area contributed by atoms with E-state index in [0.717, 1.165) is 5.41 Å². The molecule has 17 heteroatoms. The molecule has 2 aromatic carbocycles. The normalized spacial score (nSPS) is 12.9. The van der Waals surface area contributed by atoms with Gasteiger partial charge in [-0.3, -0.25) is 23.9 Å². The number of benzene rings is 2. The topological polar surface area (TPSA) is 205 Å². The van der Waals surface area contributed by atoms with E-state index in [0.29, 0.717) is 33.6 Å². The Bertz CT molecular complexity index is 1620. The molecule has 0 atom stereocenters. The minimum atomic E-state index is -4.03. The van der Waals surface area contributed by atoms with Gasteiger partial charge in [0.1, 0.15) is 23.0 Å². The number of carbonyl (C=O) groups excluding carboxylic acids is 5. The number of imide groups is 1. The van der Waals surface area contributed by atoms with Crippen LogP contribution in [0.3, 0.4) is 0 Å². The summed E-state index contributed by atoms with van der Waals surface area (Å²) in [4.78, 5) is 64.3. The molecule has 3 rings (SSSR count). The van der Waals surface area contributed by atoms with Crippen LogP contribution >= 0.6 is 0 Å². The van der Waals surface area contributed by atoms with Gasteiger partial charge in [0, 0.05) is 50.8 Å². The molecular weight excluding hydrogens is 652 g/mol. The number of hydrogen-bond donors (Lipinski definition) is 3. The van der Waals surface area contributed by atoms with Gasteiger partial charge in [0.2, 0.25) is 11.8 Å². The minimum absolute atomic E-state index is 0.000534. The first-order valence-electron chi connectivity index (χ1n) is 14.7. The molecule has 2 aromatic rings. The first-order chi connectivity index (χ1) is 22.9. The van der Waals surface area contributed by atoms with Crippen molar-refractivity contribution in [2.24, 2.45) is 0 Å². The molecule has 0 bridgehead atoms. The third-order valence-electron chi connectivity index (χ3n) is 6.79. The van der Waals surface area contributed by atoms with E-state index in [9.17, 15) is 32.4 Å². The predicted octanol–water partition coefficient (Wildman–Crippen LogP) is 2.75. The summed E-state index contributed by atoms with van der Waals surface area (Å²) in [6.45, 7) is 0.181. The Labute approximate surface area is 277 Å². The zero-order chi connectivity index (χ0) is 35.3. The average molecular weight is 691 g/mol. The van der Waals surface area contributed by atoms with Gasteiger partial charge in [0.25, 0.3) is 21.8 Å². The summed E-state index contributed by atoms with van der Waals surface area (Å²) in [7, 11) is 1.70. The van der Waals surface area contributed by atoms with E-state index in [-0.39, 0.29) is 68.8 Å². The van der Waals surface area contributed by atoms with Crippen molar-refractivity contribution in [2.75, 3.05) is 45.0 Å². The first-order valence-corrected chi connectivity index (χ1v) is 16.3. The summed E-state index contributed by atoms with van der Waals surface area (Å²) >= 11 is 0. The molecule has 0 unspecified atom stereocenters. The van der Waals surface area contributed by atoms with Crippen molar-refractivity contribution in [3.05, 3.63) is 41.3 Å². The molecule has 1 fully saturated rings. The van der Waals surface area contributed by atoms with Crippen LogP contribution in [0.1, 0.15) is 50.5 Å². The van der Waals surface area contributed by atoms with Gasteiger partial charge in [-0.1, -0.05) is 0 Å². The van der Waals surface area contributed by atoms with Gasteiger partial charge in [-0.2, -0.15) is 0 Å². The molecule has 0 saturated carbocycles. The molecule has 1 saturated heterocycles. The van der Waals surface area contributed by atoms with Crippen molar-refractivity contribution >= 4 is 57.1 Å². The lowest BCUT2D eigenvalue weighted by Crippen LogP contribution is -2.32. The average Bonchev–Trinajstić information content (AvgIpc) is 3.37. The summed E-state index contributed by atoms with van der Waals surface area (Å²) < 4.78 is 49.4. The van der Waals surface area contributed by atoms with Crippen molar-refractivity contribution in [1.29, 1.82) is 0 Å². The number of rotatable bonds is 18. The second kappa shape index (κ2) is 17.6. The molecular formula is C31H38N4O12S. The summed E-state index contributed by atoms with van der Waals surface area (Å²) in [6.07, 6.45) is 1.60. The lowest BCUT2D eigenvalue weighted by Gasteiger charge is -2.14. The number of sulfonamides is 1. The van der Waals surface area contributed by atoms with E-state index in [1.54, 1.807) is 12.1 Å². The van der Waals surface area contributed by atoms with Crippen molar-refractivity contribution in [2.45, 2.75) is 44.9 Å². The molecule has 1 aliphatic rings. The Morgan fingerprint density at radius 3 is 2.04 bits per heavy atom. The number of hydrogen-bond acceptors (Lipinski definition) is 12. The minimum Gasteiger partial charge on any atom is -0.496 e. The molecule has 4 amide bonds. The van der Waals surface area contributed by atoms with E-state index in [1.165, 1.54) is 52.7 Å². The largest absolute Gasteiger partial charge is 0.496 e. The van der Waals surface area contributed by atoms with Crippen LogP contribution in [0, 0.1) is 0 Å². The van der Waals surface area contributed by atoms with E-state index in [4.69, 9.17) is 23.8 Å². The van der Waals surface area contributed by atoms with Gasteiger partial charge in [0.15, 0.2) is 0 Å². The third kappa shape index (κ3) is 10.9. The van der Waals surface area contributed by atoms with E-state index in [2.05, 4.69) is 15.4 Å². The molecule has 1 aliphatic heterocycles. The Hall–Kier alpha value is -5.32. The van der Waals surface area contributed by atoms with Crippen LogP contribution in [0.5, 0.6) is 23.0 Å². The monoisotopic (exact) mass is 690 g/mol. The van der Waals surface area contributed by atoms with Gasteiger partial charge in [-0.15, -0.1) is 5.06 Å². The van der Waals surface area contributed by atoms with Crippen LogP contribution in [-0.4, -0.2) is 78.1 Å². The van der Waals surface area contributed by atoms with Crippen LogP contribution < -0.4 is 34.3 Å². The summed E-state index contributed by atoms with van der Waals surface area (Å²) in [5, 5.41) is 6.72. The fourth-order valence-corrected chi connectivity index (χ4v) is 5.24. The highest BCUT2D eigenvalue weighted by Gasteiger charge is 2.32. The highest BCUT2D eigenvalue weighted by atomic mass is 32.2. The second-order valence-corrected chi connectivity index (χ2v) is 11.8. The second-order valence-electron chi connectivity index (χ2n) is 10.2. The molecule has 48 heavy (non-hydrogen) atoms. The molecule has 3 N–H and O–H groups in total. The molecule has 0 aliphatic carbocycles. The molecule has 16 nitrogen and oxygen atoms in total. The molecule has 260 valence electrons. The summed E-state index contributed by atoms with van der Waals surface area (Å²) in [5.74, 6) is -1.29. The SMILES string of the molecule is COc1cc(OC)c(/C=C/S(=O)(=O)Nc2ccc(OC)c(NC(=O)CCCNC(=O)CCCC(=O)ON3C(=O)CCC3=O)c2)c(OC)c1. The van der Waals surface area contributed by atoms with Gasteiger partial charge < -0.3 is 34.4 Å². The van der Waals surface area contributed by atoms with Crippen LogP contribution in [0.25, 0.3) is 6.08 Å². The number of anilines is 2.